The summed E-state index contributed by atoms with van der Waals surface area (Å²) in [6.45, 7) is -1.07. The standard InChI is InChI=1S/C11H11BrF3N3O3/c12-2-1-5-3-18(10(20)17-8(5)16)9-7(13)11(14,15)6(4-19)21-9/h1-3,6-7,9,19H,4H2,(H2,16,17,20)/b2-1-. The number of hydrogen-bond donors (Lipinski definition) is 2. The number of nitrogens with two attached hydrogens (primary N) is 1. The van der Waals surface area contributed by atoms with Crippen LogP contribution in [0.1, 0.15) is 11.8 Å². The van der Waals surface area contributed by atoms with E-state index in [1.54, 1.807) is 0 Å². The van der Waals surface area contributed by atoms with Crippen molar-refractivity contribution in [1.29, 1.82) is 0 Å². The molecule has 1 aromatic heterocycles. The zero-order valence-electron chi connectivity index (χ0n) is 10.4. The molecule has 116 valence electrons. The van der Waals surface area contributed by atoms with Gasteiger partial charge >= 0.3 is 11.6 Å². The maximum absolute atomic E-state index is 13.9. The van der Waals surface area contributed by atoms with Crippen molar-refractivity contribution in [3.63, 3.8) is 0 Å². The zero-order valence-corrected chi connectivity index (χ0v) is 12.0. The Hall–Kier alpha value is -1.39. The number of aliphatic hydroxyl groups excluding tert-OH is 1. The summed E-state index contributed by atoms with van der Waals surface area (Å²) in [5, 5.41) is 8.82. The van der Waals surface area contributed by atoms with Crippen molar-refractivity contribution < 1.29 is 23.0 Å². The molecule has 10 heteroatoms. The molecule has 0 aliphatic carbocycles. The van der Waals surface area contributed by atoms with E-state index in [9.17, 15) is 18.0 Å². The van der Waals surface area contributed by atoms with Crippen LogP contribution in [0.2, 0.25) is 0 Å². The van der Waals surface area contributed by atoms with Crippen LogP contribution in [0.3, 0.4) is 0 Å². The number of anilines is 1. The second-order valence-corrected chi connectivity index (χ2v) is 4.87. The Bertz CT molecular complexity index is 622. The van der Waals surface area contributed by atoms with Crippen molar-refractivity contribution in [3.8, 4) is 0 Å². The molecular weight excluding hydrogens is 359 g/mol. The molecule has 3 atom stereocenters. The van der Waals surface area contributed by atoms with Crippen LogP contribution in [0.15, 0.2) is 16.0 Å². The SMILES string of the molecule is Nc1nc(=O)n(C2OC(CO)C(F)(F)C2F)cc1/C=C\Br. The molecule has 1 fully saturated rings. The molecule has 21 heavy (non-hydrogen) atoms. The van der Waals surface area contributed by atoms with E-state index in [0.717, 1.165) is 6.20 Å². The Kier molecular flexibility index (Phi) is 4.40. The van der Waals surface area contributed by atoms with Gasteiger partial charge in [-0.2, -0.15) is 4.98 Å². The molecule has 6 nitrogen and oxygen atoms in total. The van der Waals surface area contributed by atoms with Crippen LogP contribution < -0.4 is 11.4 Å². The van der Waals surface area contributed by atoms with E-state index in [0.29, 0.717) is 4.57 Å². The molecule has 1 aliphatic rings. The van der Waals surface area contributed by atoms with Gasteiger partial charge in [0.05, 0.1) is 6.61 Å². The molecule has 0 bridgehead atoms. The highest BCUT2D eigenvalue weighted by Crippen LogP contribution is 2.42. The summed E-state index contributed by atoms with van der Waals surface area (Å²) in [7, 11) is 0. The molecule has 1 saturated heterocycles. The molecule has 2 rings (SSSR count). The Balaban J connectivity index is 2.48. The largest absolute Gasteiger partial charge is 0.393 e. The molecule has 0 aromatic carbocycles. The molecule has 2 heterocycles. The lowest BCUT2D eigenvalue weighted by Gasteiger charge is -2.17. The third-order valence-corrected chi connectivity index (χ3v) is 3.31. The molecule has 1 aliphatic heterocycles. The lowest BCUT2D eigenvalue weighted by molar-refractivity contribution is -0.111. The number of halogens is 4. The summed E-state index contributed by atoms with van der Waals surface area (Å²) in [5.74, 6) is -4.04. The molecule has 0 amide bonds. The third-order valence-electron chi connectivity index (χ3n) is 3.04. The van der Waals surface area contributed by atoms with Crippen LogP contribution in [0.4, 0.5) is 19.0 Å². The highest BCUT2D eigenvalue weighted by Gasteiger charge is 2.60. The molecule has 3 N–H and O–H groups in total. The van der Waals surface area contributed by atoms with Gasteiger partial charge in [-0.3, -0.25) is 4.57 Å². The van der Waals surface area contributed by atoms with Gasteiger partial charge in [0.15, 0.2) is 6.23 Å². The number of ether oxygens (including phenoxy) is 1. The van der Waals surface area contributed by atoms with Crippen LogP contribution in [0.25, 0.3) is 6.08 Å². The Morgan fingerprint density at radius 1 is 1.62 bits per heavy atom. The van der Waals surface area contributed by atoms with Gasteiger partial charge in [-0.05, 0) is 11.1 Å². The normalized spacial score (nSPS) is 28.3. The van der Waals surface area contributed by atoms with E-state index in [-0.39, 0.29) is 11.4 Å². The molecular formula is C11H11BrF3N3O3. The molecule has 0 saturated carbocycles. The number of nitrogens with zero attached hydrogens (tertiary/aromatic N) is 2. The first kappa shape index (κ1) is 16.0. The summed E-state index contributed by atoms with van der Waals surface area (Å²) < 4.78 is 46.3. The minimum absolute atomic E-state index is 0.133. The van der Waals surface area contributed by atoms with E-state index >= 15 is 0 Å². The van der Waals surface area contributed by atoms with Gasteiger partial charge in [-0.25, -0.2) is 18.0 Å². The predicted molar refractivity (Wildman–Crippen MR) is 71.7 cm³/mol. The quantitative estimate of drug-likeness (QED) is 0.831. The minimum atomic E-state index is -3.91. The fraction of sp³-hybridized carbons (Fsp3) is 0.455. The Morgan fingerprint density at radius 2 is 2.29 bits per heavy atom. The summed E-state index contributed by atoms with van der Waals surface area (Å²) in [5.41, 5.74) is 4.69. The van der Waals surface area contributed by atoms with Crippen molar-refractivity contribution >= 4 is 27.8 Å². The second kappa shape index (κ2) is 5.78. The van der Waals surface area contributed by atoms with Gasteiger partial charge in [0.1, 0.15) is 11.9 Å². The van der Waals surface area contributed by atoms with E-state index in [2.05, 4.69) is 20.9 Å². The van der Waals surface area contributed by atoms with Crippen LogP contribution in [-0.2, 0) is 4.74 Å². The lowest BCUT2D eigenvalue weighted by Crippen LogP contribution is -2.39. The maximum atomic E-state index is 13.9. The monoisotopic (exact) mass is 369 g/mol. The highest BCUT2D eigenvalue weighted by molar-refractivity contribution is 9.11. The van der Waals surface area contributed by atoms with Gasteiger partial charge in [0.2, 0.25) is 6.17 Å². The fourth-order valence-corrected chi connectivity index (χ4v) is 2.23. The number of aromatic nitrogens is 2. The summed E-state index contributed by atoms with van der Waals surface area (Å²) in [6, 6.07) is 0. The van der Waals surface area contributed by atoms with Crippen molar-refractivity contribution in [3.05, 3.63) is 27.2 Å². The highest BCUT2D eigenvalue weighted by atomic mass is 79.9. The summed E-state index contributed by atoms with van der Waals surface area (Å²) in [4.78, 5) is 16.6. The van der Waals surface area contributed by atoms with Crippen LogP contribution >= 0.6 is 15.9 Å². The van der Waals surface area contributed by atoms with Crippen LogP contribution in [0, 0.1) is 0 Å². The molecule has 0 radical (unpaired) electrons. The van der Waals surface area contributed by atoms with Crippen molar-refractivity contribution in [2.45, 2.75) is 24.4 Å². The van der Waals surface area contributed by atoms with Crippen molar-refractivity contribution in [2.75, 3.05) is 12.3 Å². The average molecular weight is 370 g/mol. The topological polar surface area (TPSA) is 90.4 Å². The van der Waals surface area contributed by atoms with Gasteiger partial charge in [0, 0.05) is 11.8 Å². The smallest absolute Gasteiger partial charge is 0.351 e. The van der Waals surface area contributed by atoms with Crippen molar-refractivity contribution in [2.24, 2.45) is 0 Å². The van der Waals surface area contributed by atoms with Crippen LogP contribution in [0.5, 0.6) is 0 Å². The first-order valence-corrected chi connectivity index (χ1v) is 6.68. The number of nitrogen functional groups attached to an aromatic ring is 1. The van der Waals surface area contributed by atoms with E-state index in [4.69, 9.17) is 15.6 Å². The summed E-state index contributed by atoms with van der Waals surface area (Å²) in [6.07, 6.45) is -4.24. The van der Waals surface area contributed by atoms with E-state index in [1.165, 1.54) is 11.1 Å². The number of rotatable bonds is 3. The molecule has 3 unspecified atom stereocenters. The van der Waals surface area contributed by atoms with E-state index < -0.39 is 36.7 Å². The number of alkyl halides is 3. The maximum Gasteiger partial charge on any atom is 0.351 e. The fourth-order valence-electron chi connectivity index (χ4n) is 1.94. The first-order valence-electron chi connectivity index (χ1n) is 5.76. The number of aliphatic hydroxyl groups is 1. The summed E-state index contributed by atoms with van der Waals surface area (Å²) >= 11 is 2.99. The van der Waals surface area contributed by atoms with E-state index in [1.807, 2.05) is 0 Å². The molecule has 1 aromatic rings. The van der Waals surface area contributed by atoms with Gasteiger partial charge < -0.3 is 15.6 Å². The average Bonchev–Trinajstić information content (AvgIpc) is 2.64. The van der Waals surface area contributed by atoms with Crippen LogP contribution in [-0.4, -0.2) is 39.5 Å². The van der Waals surface area contributed by atoms with Gasteiger partial charge in [0.25, 0.3) is 0 Å². The Labute approximate surface area is 125 Å². The Morgan fingerprint density at radius 3 is 2.81 bits per heavy atom. The van der Waals surface area contributed by atoms with Gasteiger partial charge in [-0.15, -0.1) is 0 Å². The number of hydrogen-bond acceptors (Lipinski definition) is 5. The third kappa shape index (κ3) is 2.70. The van der Waals surface area contributed by atoms with Crippen molar-refractivity contribution in [1.82, 2.24) is 9.55 Å². The molecule has 0 spiro atoms. The first-order chi connectivity index (χ1) is 9.82. The lowest BCUT2D eigenvalue weighted by atomic mass is 10.1. The second-order valence-electron chi connectivity index (χ2n) is 4.34. The minimum Gasteiger partial charge on any atom is -0.393 e. The predicted octanol–water partition coefficient (Wildman–Crippen LogP) is 1.05. The zero-order chi connectivity index (χ0) is 15.8. The van der Waals surface area contributed by atoms with Gasteiger partial charge in [-0.1, -0.05) is 15.9 Å².